The molecule has 0 fully saturated rings. The lowest BCUT2D eigenvalue weighted by Crippen LogP contribution is -2.47. The maximum atomic E-state index is 13.2. The topological polar surface area (TPSA) is 224 Å². The molecule has 4 rings (SSSR count). The van der Waals surface area contributed by atoms with E-state index in [1.165, 1.54) is 0 Å². The molecule has 384 valence electrons. The van der Waals surface area contributed by atoms with Gasteiger partial charge < -0.3 is 56.2 Å². The summed E-state index contributed by atoms with van der Waals surface area (Å²) >= 11 is 0. The summed E-state index contributed by atoms with van der Waals surface area (Å²) < 4.78 is 21.2. The van der Waals surface area contributed by atoms with Gasteiger partial charge in [-0.25, -0.2) is 19.2 Å². The third-order valence-corrected chi connectivity index (χ3v) is 11.1. The minimum Gasteiger partial charge on any atom is -0.445 e. The van der Waals surface area contributed by atoms with E-state index in [0.717, 1.165) is 86.7 Å². The number of carbonyl (C=O) groups is 6. The monoisotopic (exact) mass is 980 g/mol. The fourth-order valence-electron chi connectivity index (χ4n) is 7.14. The number of carbonyl (C=O) groups excluding carboxylic acids is 6. The molecule has 0 heterocycles. The lowest BCUT2D eigenvalue weighted by Gasteiger charge is -2.18. The third-order valence-electron chi connectivity index (χ3n) is 11.1. The van der Waals surface area contributed by atoms with Crippen molar-refractivity contribution in [1.29, 1.82) is 0 Å². The van der Waals surface area contributed by atoms with E-state index in [0.29, 0.717) is 38.8 Å². The molecule has 0 saturated carbocycles. The quantitative estimate of drug-likeness (QED) is 0.0176. The fourth-order valence-corrected chi connectivity index (χ4v) is 7.14. The second kappa shape index (κ2) is 35.9. The smallest absolute Gasteiger partial charge is 0.408 e. The van der Waals surface area contributed by atoms with Crippen LogP contribution in [0.4, 0.5) is 19.2 Å². The van der Waals surface area contributed by atoms with Crippen LogP contribution < -0.4 is 37.2 Å². The van der Waals surface area contributed by atoms with Gasteiger partial charge in [-0.3, -0.25) is 9.59 Å². The second-order valence-corrected chi connectivity index (χ2v) is 16.9. The van der Waals surface area contributed by atoms with Crippen LogP contribution in [-0.2, 0) is 55.0 Å². The number of amides is 6. The van der Waals surface area contributed by atoms with E-state index in [1.54, 1.807) is 0 Å². The molecule has 0 radical (unpaired) electrons. The fraction of sp³-hybridized carbons (Fsp3) is 0.444. The highest BCUT2D eigenvalue weighted by atomic mass is 16.6. The van der Waals surface area contributed by atoms with Gasteiger partial charge in [-0.15, -0.1) is 0 Å². The van der Waals surface area contributed by atoms with Crippen molar-refractivity contribution in [1.82, 2.24) is 37.2 Å². The van der Waals surface area contributed by atoms with Crippen molar-refractivity contribution in [3.05, 3.63) is 144 Å². The van der Waals surface area contributed by atoms with Gasteiger partial charge in [0, 0.05) is 26.2 Å². The van der Waals surface area contributed by atoms with Crippen LogP contribution in [0.15, 0.2) is 121 Å². The predicted molar refractivity (Wildman–Crippen MR) is 271 cm³/mol. The molecule has 17 heteroatoms. The minimum absolute atomic E-state index is 0.0739. The molecule has 0 aromatic heterocycles. The first-order chi connectivity index (χ1) is 34.7. The maximum absolute atomic E-state index is 13.2. The standard InChI is InChI=1S/C54H73N7O10/c62-49(47(60-53(66)70-41-45-27-13-7-14-28-45)31-21-37-58-51(64)68-39-43-23-9-5-10-24-43)56-35-19-3-1-17-33-55-34-18-2-4-20-36-57-50(63)48(61-54(67)71-42-46-29-15-8-16-30-46)32-22-38-59-52(65)69-40-44-25-11-6-12-26-44/h5-16,23-30,47-48,55H,1-4,17-22,31-42H2,(H,56,62)(H,57,63)(H,58,64)(H,59,65)(H,60,66)(H,61,67). The number of hydrogen-bond acceptors (Lipinski definition) is 11. The Morgan fingerprint density at radius 3 is 0.930 bits per heavy atom. The number of ether oxygens (including phenoxy) is 4. The van der Waals surface area contributed by atoms with Gasteiger partial charge in [0.15, 0.2) is 0 Å². The summed E-state index contributed by atoms with van der Waals surface area (Å²) in [6.07, 6.45) is 6.39. The zero-order valence-corrected chi connectivity index (χ0v) is 40.8. The highest BCUT2D eigenvalue weighted by molar-refractivity contribution is 5.86. The van der Waals surface area contributed by atoms with Crippen molar-refractivity contribution >= 4 is 36.2 Å². The van der Waals surface area contributed by atoms with Gasteiger partial charge >= 0.3 is 24.4 Å². The van der Waals surface area contributed by atoms with E-state index in [4.69, 9.17) is 18.9 Å². The van der Waals surface area contributed by atoms with Crippen molar-refractivity contribution < 1.29 is 47.7 Å². The van der Waals surface area contributed by atoms with E-state index in [1.807, 2.05) is 121 Å². The Morgan fingerprint density at radius 1 is 0.324 bits per heavy atom. The highest BCUT2D eigenvalue weighted by Gasteiger charge is 2.23. The van der Waals surface area contributed by atoms with Crippen LogP contribution in [0.3, 0.4) is 0 Å². The van der Waals surface area contributed by atoms with E-state index >= 15 is 0 Å². The summed E-state index contributed by atoms with van der Waals surface area (Å²) in [7, 11) is 0. The molecular formula is C54H73N7O10. The molecule has 2 atom stereocenters. The number of hydrogen-bond donors (Lipinski definition) is 7. The first-order valence-corrected chi connectivity index (χ1v) is 24.8. The Bertz CT molecular complexity index is 1950. The molecule has 0 bridgehead atoms. The van der Waals surface area contributed by atoms with Gasteiger partial charge in [0.2, 0.25) is 11.8 Å². The number of alkyl carbamates (subject to hydrolysis) is 4. The number of nitrogens with one attached hydrogen (secondary N) is 7. The summed E-state index contributed by atoms with van der Waals surface area (Å²) in [5, 5.41) is 20.1. The second-order valence-electron chi connectivity index (χ2n) is 16.9. The van der Waals surface area contributed by atoms with Crippen molar-refractivity contribution in [3.63, 3.8) is 0 Å². The molecule has 17 nitrogen and oxygen atoms in total. The number of benzene rings is 4. The Kier molecular flexibility index (Phi) is 28.5. The molecule has 4 aromatic carbocycles. The van der Waals surface area contributed by atoms with Crippen LogP contribution in [-0.4, -0.2) is 87.5 Å². The molecule has 6 amide bonds. The largest absolute Gasteiger partial charge is 0.445 e. The summed E-state index contributed by atoms with van der Waals surface area (Å²) in [4.78, 5) is 76.0. The molecule has 0 spiro atoms. The van der Waals surface area contributed by atoms with E-state index in [-0.39, 0.29) is 51.3 Å². The van der Waals surface area contributed by atoms with E-state index in [9.17, 15) is 28.8 Å². The van der Waals surface area contributed by atoms with Crippen LogP contribution in [0.25, 0.3) is 0 Å². The van der Waals surface area contributed by atoms with Gasteiger partial charge in [0.1, 0.15) is 38.5 Å². The maximum Gasteiger partial charge on any atom is 0.408 e. The van der Waals surface area contributed by atoms with Crippen molar-refractivity contribution in [3.8, 4) is 0 Å². The van der Waals surface area contributed by atoms with Gasteiger partial charge in [-0.1, -0.05) is 147 Å². The Morgan fingerprint density at radius 2 is 0.606 bits per heavy atom. The Labute approximate surface area is 418 Å². The van der Waals surface area contributed by atoms with Gasteiger partial charge in [-0.05, 0) is 86.7 Å². The molecule has 0 aliphatic carbocycles. The molecule has 0 aliphatic rings. The minimum atomic E-state index is -0.837. The lowest BCUT2D eigenvalue weighted by molar-refractivity contribution is -0.124. The normalized spacial score (nSPS) is 11.5. The molecule has 0 aliphatic heterocycles. The van der Waals surface area contributed by atoms with Gasteiger partial charge in [-0.2, -0.15) is 0 Å². The molecule has 2 unspecified atom stereocenters. The van der Waals surface area contributed by atoms with Crippen molar-refractivity contribution in [2.24, 2.45) is 0 Å². The molecule has 7 N–H and O–H groups in total. The van der Waals surface area contributed by atoms with E-state index in [2.05, 4.69) is 37.2 Å². The van der Waals surface area contributed by atoms with Crippen LogP contribution in [0, 0.1) is 0 Å². The van der Waals surface area contributed by atoms with Crippen LogP contribution in [0.1, 0.15) is 99.3 Å². The first kappa shape index (κ1) is 56.4. The number of rotatable bonds is 34. The highest BCUT2D eigenvalue weighted by Crippen LogP contribution is 2.08. The molecule has 71 heavy (non-hydrogen) atoms. The lowest BCUT2D eigenvalue weighted by atomic mass is 10.1. The van der Waals surface area contributed by atoms with Gasteiger partial charge in [0.05, 0.1) is 0 Å². The average Bonchev–Trinajstić information content (AvgIpc) is 3.40. The van der Waals surface area contributed by atoms with Crippen LogP contribution >= 0.6 is 0 Å². The zero-order chi connectivity index (χ0) is 50.4. The number of unbranched alkanes of at least 4 members (excludes halogenated alkanes) is 6. The summed E-state index contributed by atoms with van der Waals surface area (Å²) in [5.41, 5.74) is 3.41. The van der Waals surface area contributed by atoms with Crippen molar-refractivity contribution in [2.75, 3.05) is 39.3 Å². The summed E-state index contributed by atoms with van der Waals surface area (Å²) in [6.45, 7) is 3.70. The van der Waals surface area contributed by atoms with Crippen molar-refractivity contribution in [2.45, 2.75) is 116 Å². The van der Waals surface area contributed by atoms with Crippen LogP contribution in [0.5, 0.6) is 0 Å². The molecule has 0 saturated heterocycles. The Balaban J connectivity index is 1.03. The molecule has 4 aromatic rings. The zero-order valence-electron chi connectivity index (χ0n) is 40.8. The first-order valence-electron chi connectivity index (χ1n) is 24.8. The average molecular weight is 980 g/mol. The summed E-state index contributed by atoms with van der Waals surface area (Å²) in [5.74, 6) is -0.619. The van der Waals surface area contributed by atoms with Gasteiger partial charge in [0.25, 0.3) is 0 Å². The Hall–Kier alpha value is -7.14. The third kappa shape index (κ3) is 27.0. The molecular weight excluding hydrogens is 907 g/mol. The SMILES string of the molecule is O=C(NCCCC(NC(=O)OCc1ccccc1)C(=O)NCCCCCCNCCCCCCNC(=O)C(CCCNC(=O)OCc1ccccc1)NC(=O)OCc1ccccc1)OCc1ccccc1. The van der Waals surface area contributed by atoms with Crippen LogP contribution in [0.2, 0.25) is 0 Å². The van der Waals surface area contributed by atoms with E-state index < -0.39 is 36.5 Å². The predicted octanol–water partition coefficient (Wildman–Crippen LogP) is 7.93. The summed E-state index contributed by atoms with van der Waals surface area (Å²) in [6, 6.07) is 35.6.